The van der Waals surface area contributed by atoms with E-state index in [1.165, 1.54) is 0 Å². The van der Waals surface area contributed by atoms with Gasteiger partial charge in [0.15, 0.2) is 0 Å². The number of rotatable bonds is 2. The molecule has 0 fully saturated rings. The summed E-state index contributed by atoms with van der Waals surface area (Å²) in [5.41, 5.74) is 0.395. The fourth-order valence-corrected chi connectivity index (χ4v) is 1.96. The van der Waals surface area contributed by atoms with Crippen molar-refractivity contribution in [2.45, 2.75) is 12.8 Å². The molecule has 2 nitrogen and oxygen atoms in total. The van der Waals surface area contributed by atoms with Crippen molar-refractivity contribution in [3.63, 3.8) is 0 Å². The third-order valence-electron chi connectivity index (χ3n) is 2.95. The minimum Gasteiger partial charge on any atom is -0.392 e. The second kappa shape index (κ2) is 5.35. The molecule has 102 valence electrons. The first kappa shape index (κ1) is 14.1. The topological polar surface area (TPSA) is 44.0 Å². The van der Waals surface area contributed by atoms with Gasteiger partial charge in [-0.1, -0.05) is 24.3 Å². The smallest absolute Gasteiger partial charge is 0.392 e. The van der Waals surface area contributed by atoms with Crippen LogP contribution < -0.4 is 0 Å². The van der Waals surface area contributed by atoms with Crippen LogP contribution in [0.4, 0.5) is 13.2 Å². The maximum atomic E-state index is 12.8. The van der Waals surface area contributed by atoms with E-state index in [1.807, 2.05) is 6.07 Å². The van der Waals surface area contributed by atoms with Gasteiger partial charge in [-0.15, -0.1) is 0 Å². The monoisotopic (exact) mass is 277 g/mol. The molecule has 0 aliphatic rings. The van der Waals surface area contributed by atoms with Crippen molar-refractivity contribution in [2.24, 2.45) is 0 Å². The first-order chi connectivity index (χ1) is 9.47. The molecule has 0 unspecified atom stereocenters. The molecule has 0 bridgehead atoms. The molecular weight excluding hydrogens is 267 g/mol. The fraction of sp³-hybridized carbons (Fsp3) is 0.133. The number of nitrogens with zero attached hydrogens (tertiary/aromatic N) is 1. The zero-order chi connectivity index (χ0) is 14.8. The van der Waals surface area contributed by atoms with Gasteiger partial charge >= 0.3 is 6.18 Å². The molecule has 0 aromatic heterocycles. The number of hydrogen-bond acceptors (Lipinski definition) is 2. The molecule has 1 N–H and O–H groups in total. The summed E-state index contributed by atoms with van der Waals surface area (Å²) in [5, 5.41) is 18.3. The molecule has 0 atom stereocenters. The van der Waals surface area contributed by atoms with Crippen molar-refractivity contribution in [3.05, 3.63) is 59.2 Å². The lowest BCUT2D eigenvalue weighted by Crippen LogP contribution is -2.05. The van der Waals surface area contributed by atoms with Crippen LogP contribution in [0.3, 0.4) is 0 Å². The highest BCUT2D eigenvalue weighted by Gasteiger charge is 2.31. The van der Waals surface area contributed by atoms with Gasteiger partial charge in [-0.25, -0.2) is 0 Å². The Bertz CT molecular complexity index is 672. The summed E-state index contributed by atoms with van der Waals surface area (Å²) < 4.78 is 38.3. The minimum atomic E-state index is -4.48. The van der Waals surface area contributed by atoms with E-state index in [4.69, 9.17) is 5.26 Å². The van der Waals surface area contributed by atoms with Crippen LogP contribution in [-0.2, 0) is 12.8 Å². The number of aliphatic hydroxyl groups is 1. The van der Waals surface area contributed by atoms with E-state index < -0.39 is 11.7 Å². The fourth-order valence-electron chi connectivity index (χ4n) is 1.96. The molecular formula is C15H10F3NO. The normalized spacial score (nSPS) is 11.2. The van der Waals surface area contributed by atoms with Gasteiger partial charge in [-0.05, 0) is 29.3 Å². The second-order valence-electron chi connectivity index (χ2n) is 4.19. The van der Waals surface area contributed by atoms with Crippen molar-refractivity contribution in [2.75, 3.05) is 0 Å². The summed E-state index contributed by atoms with van der Waals surface area (Å²) >= 11 is 0. The Kier molecular flexibility index (Phi) is 3.77. The average Bonchev–Trinajstić information content (AvgIpc) is 2.45. The number of halogens is 3. The lowest BCUT2D eigenvalue weighted by Gasteiger charge is -2.12. The maximum Gasteiger partial charge on any atom is 0.416 e. The van der Waals surface area contributed by atoms with Crippen LogP contribution in [0.5, 0.6) is 0 Å². The highest BCUT2D eigenvalue weighted by Crippen LogP contribution is 2.35. The zero-order valence-corrected chi connectivity index (χ0v) is 10.3. The Morgan fingerprint density at radius 2 is 1.75 bits per heavy atom. The Balaban J connectivity index is 2.69. The number of nitriles is 1. The van der Waals surface area contributed by atoms with Crippen LogP contribution in [-0.4, -0.2) is 5.11 Å². The quantitative estimate of drug-likeness (QED) is 0.908. The summed E-state index contributed by atoms with van der Waals surface area (Å²) in [7, 11) is 0. The van der Waals surface area contributed by atoms with Gasteiger partial charge in [0.2, 0.25) is 0 Å². The Morgan fingerprint density at radius 3 is 2.35 bits per heavy atom. The van der Waals surface area contributed by atoms with E-state index in [2.05, 4.69) is 0 Å². The first-order valence-electron chi connectivity index (χ1n) is 5.78. The van der Waals surface area contributed by atoms with Crippen LogP contribution in [0, 0.1) is 11.3 Å². The number of benzene rings is 2. The molecule has 0 amide bonds. The van der Waals surface area contributed by atoms with E-state index >= 15 is 0 Å². The Labute approximate surface area is 113 Å². The molecule has 5 heteroatoms. The van der Waals surface area contributed by atoms with Gasteiger partial charge in [-0.3, -0.25) is 0 Å². The molecule has 0 aliphatic carbocycles. The van der Waals surface area contributed by atoms with E-state index in [1.54, 1.807) is 24.3 Å². The van der Waals surface area contributed by atoms with Gasteiger partial charge in [0.25, 0.3) is 0 Å². The van der Waals surface area contributed by atoms with Gasteiger partial charge in [0.05, 0.1) is 23.8 Å². The van der Waals surface area contributed by atoms with Crippen molar-refractivity contribution < 1.29 is 18.3 Å². The van der Waals surface area contributed by atoms with Gasteiger partial charge in [0, 0.05) is 5.56 Å². The Hall–Kier alpha value is -2.32. The van der Waals surface area contributed by atoms with E-state index in [-0.39, 0.29) is 17.7 Å². The van der Waals surface area contributed by atoms with Gasteiger partial charge < -0.3 is 5.11 Å². The SMILES string of the molecule is N#Cc1ccc(C(F)(F)F)cc1-c1ccccc1CO. The highest BCUT2D eigenvalue weighted by atomic mass is 19.4. The molecule has 2 aromatic carbocycles. The van der Waals surface area contributed by atoms with E-state index in [0.717, 1.165) is 18.2 Å². The number of hydrogen-bond donors (Lipinski definition) is 1. The van der Waals surface area contributed by atoms with Gasteiger partial charge in [0.1, 0.15) is 0 Å². The molecule has 0 radical (unpaired) electrons. The predicted molar refractivity (Wildman–Crippen MR) is 67.5 cm³/mol. The van der Waals surface area contributed by atoms with Crippen molar-refractivity contribution in [1.82, 2.24) is 0 Å². The Morgan fingerprint density at radius 1 is 1.05 bits per heavy atom. The molecule has 0 saturated heterocycles. The first-order valence-corrected chi connectivity index (χ1v) is 5.78. The minimum absolute atomic E-state index is 0.138. The summed E-state index contributed by atoms with van der Waals surface area (Å²) in [4.78, 5) is 0. The number of alkyl halides is 3. The van der Waals surface area contributed by atoms with E-state index in [0.29, 0.717) is 11.1 Å². The molecule has 0 spiro atoms. The van der Waals surface area contributed by atoms with Crippen molar-refractivity contribution in [1.29, 1.82) is 5.26 Å². The molecule has 0 heterocycles. The lowest BCUT2D eigenvalue weighted by atomic mass is 9.94. The molecule has 2 aromatic rings. The van der Waals surface area contributed by atoms with Crippen LogP contribution in [0.1, 0.15) is 16.7 Å². The lowest BCUT2D eigenvalue weighted by molar-refractivity contribution is -0.137. The molecule has 20 heavy (non-hydrogen) atoms. The average molecular weight is 277 g/mol. The summed E-state index contributed by atoms with van der Waals surface area (Å²) in [6.07, 6.45) is -4.48. The second-order valence-corrected chi connectivity index (χ2v) is 4.19. The van der Waals surface area contributed by atoms with Crippen molar-refractivity contribution >= 4 is 0 Å². The van der Waals surface area contributed by atoms with Crippen LogP contribution in [0.25, 0.3) is 11.1 Å². The predicted octanol–water partition coefficient (Wildman–Crippen LogP) is 3.74. The largest absolute Gasteiger partial charge is 0.416 e. The standard InChI is InChI=1S/C15H10F3NO/c16-15(17,18)12-6-5-10(8-19)14(7-12)13-4-2-1-3-11(13)9-20/h1-7,20H,9H2. The summed E-state index contributed by atoms with van der Waals surface area (Å²) in [5.74, 6) is 0. The molecule has 2 rings (SSSR count). The maximum absolute atomic E-state index is 12.8. The third kappa shape index (κ3) is 2.65. The van der Waals surface area contributed by atoms with Crippen LogP contribution >= 0.6 is 0 Å². The molecule has 0 saturated carbocycles. The van der Waals surface area contributed by atoms with Crippen molar-refractivity contribution in [3.8, 4) is 17.2 Å². The van der Waals surface area contributed by atoms with E-state index in [9.17, 15) is 18.3 Å². The zero-order valence-electron chi connectivity index (χ0n) is 10.3. The number of aliphatic hydroxyl groups excluding tert-OH is 1. The van der Waals surface area contributed by atoms with Crippen LogP contribution in [0.2, 0.25) is 0 Å². The summed E-state index contributed by atoms with van der Waals surface area (Å²) in [6, 6.07) is 11.4. The molecule has 0 aliphatic heterocycles. The van der Waals surface area contributed by atoms with Crippen LogP contribution in [0.15, 0.2) is 42.5 Å². The summed E-state index contributed by atoms with van der Waals surface area (Å²) in [6.45, 7) is -0.308. The van der Waals surface area contributed by atoms with Gasteiger partial charge in [-0.2, -0.15) is 18.4 Å². The highest BCUT2D eigenvalue weighted by molar-refractivity contribution is 5.74. The third-order valence-corrected chi connectivity index (χ3v) is 2.95.